The van der Waals surface area contributed by atoms with Gasteiger partial charge >= 0.3 is 0 Å². The van der Waals surface area contributed by atoms with E-state index in [1.54, 1.807) is 0 Å². The van der Waals surface area contributed by atoms with E-state index in [1.807, 2.05) is 25.1 Å². The number of rotatable bonds is 3. The number of allylic oxidation sites excluding steroid dienone is 2. The third kappa shape index (κ3) is 1.91. The molecule has 0 aromatic heterocycles. The molecule has 6 atom stereocenters. The minimum atomic E-state index is -0.107. The Bertz CT molecular complexity index is 754. The van der Waals surface area contributed by atoms with Crippen molar-refractivity contribution >= 4 is 33.4 Å². The van der Waals surface area contributed by atoms with Crippen LogP contribution in [0.15, 0.2) is 34.8 Å². The maximum absolute atomic E-state index is 12.9. The molecule has 2 saturated carbocycles. The number of likely N-dealkylation sites (tertiary alicyclic amines) is 1. The van der Waals surface area contributed by atoms with Crippen molar-refractivity contribution < 1.29 is 9.59 Å². The first kappa shape index (κ1) is 14.7. The number of benzene rings is 1. The Kier molecular flexibility index (Phi) is 3.03. The minimum absolute atomic E-state index is 0.0250. The fourth-order valence-electron chi connectivity index (χ4n) is 5.16. The van der Waals surface area contributed by atoms with Gasteiger partial charge in [-0.15, -0.1) is 0 Å². The molecule has 3 fully saturated rings. The summed E-state index contributed by atoms with van der Waals surface area (Å²) in [4.78, 5) is 27.2. The zero-order valence-electron chi connectivity index (χ0n) is 13.4. The Balaban J connectivity index is 1.37. The summed E-state index contributed by atoms with van der Waals surface area (Å²) in [6.45, 7) is 2.28. The minimum Gasteiger partial charge on any atom is -0.367 e. The van der Waals surface area contributed by atoms with Crippen molar-refractivity contribution in [1.82, 2.24) is 4.90 Å². The molecule has 2 amide bonds. The van der Waals surface area contributed by atoms with Gasteiger partial charge in [-0.25, -0.2) is 0 Å². The van der Waals surface area contributed by atoms with E-state index in [9.17, 15) is 9.59 Å². The van der Waals surface area contributed by atoms with Crippen LogP contribution in [-0.4, -0.2) is 23.4 Å². The van der Waals surface area contributed by atoms with Crippen LogP contribution >= 0.6 is 15.9 Å². The molecule has 5 heteroatoms. The fourth-order valence-corrected chi connectivity index (χ4v) is 5.64. The van der Waals surface area contributed by atoms with Crippen LogP contribution in [0.3, 0.4) is 0 Å². The second-order valence-electron chi connectivity index (χ2n) is 7.55. The van der Waals surface area contributed by atoms with E-state index < -0.39 is 0 Å². The molecule has 0 unspecified atom stereocenters. The summed E-state index contributed by atoms with van der Waals surface area (Å²) >= 11 is 3.45. The van der Waals surface area contributed by atoms with E-state index >= 15 is 0 Å². The first-order valence-electron chi connectivity index (χ1n) is 8.60. The average Bonchev–Trinajstić information content (AvgIpc) is 3.33. The molecule has 0 spiro atoms. The fraction of sp³-hybridized carbons (Fsp3) is 0.474. The van der Waals surface area contributed by atoms with E-state index in [4.69, 9.17) is 0 Å². The predicted octanol–water partition coefficient (Wildman–Crippen LogP) is 3.18. The van der Waals surface area contributed by atoms with E-state index in [-0.39, 0.29) is 30.3 Å². The van der Waals surface area contributed by atoms with Crippen LogP contribution in [0.4, 0.5) is 5.69 Å². The van der Waals surface area contributed by atoms with Crippen molar-refractivity contribution in [3.05, 3.63) is 40.4 Å². The monoisotopic (exact) mass is 386 g/mol. The van der Waals surface area contributed by atoms with Crippen LogP contribution in [0, 0.1) is 42.4 Å². The molecule has 1 saturated heterocycles. The van der Waals surface area contributed by atoms with E-state index in [2.05, 4.69) is 33.4 Å². The molecule has 0 radical (unpaired) electrons. The summed E-state index contributed by atoms with van der Waals surface area (Å²) in [5.41, 5.74) is 2.04. The molecule has 1 N–H and O–H groups in total. The van der Waals surface area contributed by atoms with Crippen molar-refractivity contribution in [2.45, 2.75) is 13.3 Å². The molecule has 1 aliphatic heterocycles. The second kappa shape index (κ2) is 4.94. The van der Waals surface area contributed by atoms with Crippen molar-refractivity contribution in [3.8, 4) is 0 Å². The molecular formula is C19H19BrN2O2. The van der Waals surface area contributed by atoms with Crippen LogP contribution in [0.25, 0.3) is 0 Å². The molecule has 2 bridgehead atoms. The summed E-state index contributed by atoms with van der Waals surface area (Å²) in [6.07, 6.45) is 5.62. The number of amides is 2. The highest BCUT2D eigenvalue weighted by molar-refractivity contribution is 9.10. The second-order valence-corrected chi connectivity index (χ2v) is 8.47. The van der Waals surface area contributed by atoms with E-state index in [0.29, 0.717) is 23.7 Å². The molecule has 4 aliphatic carbocycles. The van der Waals surface area contributed by atoms with Crippen molar-refractivity contribution in [1.29, 1.82) is 0 Å². The standard InChI is InChI=1S/C19H19BrN2O2/c1-9-6-10(20)2-5-15(9)21-8-22-18(23)16-11-3-4-12(14-7-13(11)14)17(16)19(22)24/h2-6,11-14,16-17,21H,7-8H2,1H3/t11-,12-,13-,14+,16+,17+/m0/s1. The third-order valence-corrected chi connectivity index (χ3v) is 6.86. The highest BCUT2D eigenvalue weighted by atomic mass is 79.9. The van der Waals surface area contributed by atoms with Gasteiger partial charge in [0.2, 0.25) is 11.8 Å². The number of hydrogen-bond acceptors (Lipinski definition) is 3. The smallest absolute Gasteiger partial charge is 0.235 e. The lowest BCUT2D eigenvalue weighted by atomic mass is 9.63. The molecule has 24 heavy (non-hydrogen) atoms. The van der Waals surface area contributed by atoms with Crippen LogP contribution in [0.5, 0.6) is 0 Å². The average molecular weight is 387 g/mol. The first-order valence-corrected chi connectivity index (χ1v) is 9.39. The zero-order chi connectivity index (χ0) is 16.6. The van der Waals surface area contributed by atoms with Gasteiger partial charge in [0.15, 0.2) is 0 Å². The van der Waals surface area contributed by atoms with E-state index in [0.717, 1.165) is 15.7 Å². The number of nitrogens with one attached hydrogen (secondary N) is 1. The maximum atomic E-state index is 12.9. The number of hydrogen-bond donors (Lipinski definition) is 1. The van der Waals surface area contributed by atoms with E-state index in [1.165, 1.54) is 11.3 Å². The van der Waals surface area contributed by atoms with Gasteiger partial charge < -0.3 is 5.32 Å². The van der Waals surface area contributed by atoms with Gasteiger partial charge in [-0.05, 0) is 60.8 Å². The normalized spacial score (nSPS) is 38.3. The van der Waals surface area contributed by atoms with Gasteiger partial charge in [0.1, 0.15) is 0 Å². The van der Waals surface area contributed by atoms with Crippen molar-refractivity contribution in [3.63, 3.8) is 0 Å². The van der Waals surface area contributed by atoms with Crippen LogP contribution in [0.1, 0.15) is 12.0 Å². The lowest BCUT2D eigenvalue weighted by Gasteiger charge is -2.37. The quantitative estimate of drug-likeness (QED) is 0.640. The largest absolute Gasteiger partial charge is 0.367 e. The van der Waals surface area contributed by atoms with Crippen LogP contribution < -0.4 is 5.32 Å². The number of carbonyl (C=O) groups excluding carboxylic acids is 2. The van der Waals surface area contributed by atoms with Gasteiger partial charge in [0.25, 0.3) is 0 Å². The number of aryl methyl sites for hydroxylation is 1. The molecule has 5 aliphatic rings. The number of nitrogens with zero attached hydrogens (tertiary/aromatic N) is 1. The molecule has 1 aromatic rings. The summed E-state index contributed by atoms with van der Waals surface area (Å²) in [5, 5.41) is 3.27. The number of carbonyl (C=O) groups is 2. The maximum Gasteiger partial charge on any atom is 0.235 e. The van der Waals surface area contributed by atoms with Crippen molar-refractivity contribution in [2.24, 2.45) is 35.5 Å². The lowest BCUT2D eigenvalue weighted by molar-refractivity contribution is -0.139. The molecule has 124 valence electrons. The summed E-state index contributed by atoms with van der Waals surface area (Å²) in [6, 6.07) is 5.95. The summed E-state index contributed by atoms with van der Waals surface area (Å²) in [7, 11) is 0. The Morgan fingerprint density at radius 2 is 1.75 bits per heavy atom. The van der Waals surface area contributed by atoms with Gasteiger partial charge in [-0.1, -0.05) is 28.1 Å². The molecule has 1 aromatic carbocycles. The van der Waals surface area contributed by atoms with Crippen LogP contribution in [0.2, 0.25) is 0 Å². The first-order chi connectivity index (χ1) is 11.6. The summed E-state index contributed by atoms with van der Waals surface area (Å²) in [5.74, 6) is 1.73. The molecule has 1 heterocycles. The molecular weight excluding hydrogens is 368 g/mol. The number of anilines is 1. The Labute approximate surface area is 149 Å². The van der Waals surface area contributed by atoms with Gasteiger partial charge in [-0.2, -0.15) is 0 Å². The third-order valence-electron chi connectivity index (χ3n) is 6.37. The van der Waals surface area contributed by atoms with Crippen molar-refractivity contribution in [2.75, 3.05) is 12.0 Å². The zero-order valence-corrected chi connectivity index (χ0v) is 15.0. The predicted molar refractivity (Wildman–Crippen MR) is 93.9 cm³/mol. The molecule has 6 rings (SSSR count). The highest BCUT2D eigenvalue weighted by Gasteiger charge is 2.66. The number of imide groups is 1. The van der Waals surface area contributed by atoms with Gasteiger partial charge in [-0.3, -0.25) is 14.5 Å². The van der Waals surface area contributed by atoms with Gasteiger partial charge in [0.05, 0.1) is 18.5 Å². The topological polar surface area (TPSA) is 49.4 Å². The van der Waals surface area contributed by atoms with Crippen LogP contribution in [-0.2, 0) is 9.59 Å². The SMILES string of the molecule is Cc1cc(Br)ccc1NCN1C(=O)[C@@H]2[C@H]3C=C[C@@H]([C@@H]4C[C@H]34)[C@H]2C1=O. The Morgan fingerprint density at radius 1 is 1.12 bits per heavy atom. The Hall–Kier alpha value is -1.62. The van der Waals surface area contributed by atoms with Gasteiger partial charge in [0, 0.05) is 10.2 Å². The Morgan fingerprint density at radius 3 is 2.33 bits per heavy atom. The lowest BCUT2D eigenvalue weighted by Crippen LogP contribution is -2.40. The summed E-state index contributed by atoms with van der Waals surface area (Å²) < 4.78 is 1.02. The number of halogens is 1. The molecule has 4 nitrogen and oxygen atoms in total. The highest BCUT2D eigenvalue weighted by Crippen LogP contribution is 2.65.